The van der Waals surface area contributed by atoms with E-state index in [-0.39, 0.29) is 11.3 Å². The van der Waals surface area contributed by atoms with E-state index >= 15 is 0 Å². The molecule has 3 heterocycles. The van der Waals surface area contributed by atoms with Gasteiger partial charge in [-0.25, -0.2) is 9.67 Å². The lowest BCUT2D eigenvalue weighted by atomic mass is 10.3. The van der Waals surface area contributed by atoms with Crippen LogP contribution in [0.1, 0.15) is 18.8 Å². The number of aromatic nitrogens is 8. The van der Waals surface area contributed by atoms with Crippen LogP contribution in [0.4, 0.5) is 5.95 Å². The molecule has 9 nitrogen and oxygen atoms in total. The summed E-state index contributed by atoms with van der Waals surface area (Å²) in [5.74, 6) is 1.34. The van der Waals surface area contributed by atoms with E-state index in [0.29, 0.717) is 17.7 Å². The molecule has 1 atom stereocenters. The van der Waals surface area contributed by atoms with Crippen LogP contribution >= 0.6 is 11.6 Å². The molecule has 20 heavy (non-hydrogen) atoms. The van der Waals surface area contributed by atoms with Crippen LogP contribution in [-0.2, 0) is 0 Å². The average Bonchev–Trinajstić information content (AvgIpc) is 3.12. The van der Waals surface area contributed by atoms with Gasteiger partial charge >= 0.3 is 0 Å². The Morgan fingerprint density at radius 1 is 1.35 bits per heavy atom. The van der Waals surface area contributed by atoms with Crippen LogP contribution in [0, 0.1) is 0 Å². The van der Waals surface area contributed by atoms with Gasteiger partial charge in [0.25, 0.3) is 5.95 Å². The number of nitrogens with zero attached hydrogens (tertiary/aromatic N) is 7. The molecule has 0 spiro atoms. The highest BCUT2D eigenvalue weighted by molar-refractivity contribution is 6.28. The number of hydrogen-bond donors (Lipinski definition) is 2. The fraction of sp³-hybridized carbons (Fsp3) is 0.200. The van der Waals surface area contributed by atoms with Gasteiger partial charge < -0.3 is 5.32 Å². The lowest BCUT2D eigenvalue weighted by Crippen LogP contribution is -2.13. The standard InChI is InChI=1S/C10H10ClN9/c1-6(7-12-5-13-19-7)15-9-16-8(11)17-10(18-9)20-4-2-3-14-20/h2-6H,1H3,(H,12,13,19)(H,15,16,17,18). The summed E-state index contributed by atoms with van der Waals surface area (Å²) in [5.41, 5.74) is 0. The fourth-order valence-electron chi connectivity index (χ4n) is 1.58. The molecule has 0 aromatic carbocycles. The first-order valence-corrected chi connectivity index (χ1v) is 6.13. The summed E-state index contributed by atoms with van der Waals surface area (Å²) in [6.45, 7) is 1.89. The summed E-state index contributed by atoms with van der Waals surface area (Å²) in [4.78, 5) is 16.3. The van der Waals surface area contributed by atoms with E-state index in [9.17, 15) is 0 Å². The normalized spacial score (nSPS) is 12.3. The Bertz CT molecular complexity index is 679. The maximum atomic E-state index is 5.90. The van der Waals surface area contributed by atoms with Gasteiger partial charge in [-0.1, -0.05) is 0 Å². The third-order valence-electron chi connectivity index (χ3n) is 2.50. The first kappa shape index (κ1) is 12.5. The first-order valence-electron chi connectivity index (χ1n) is 5.76. The minimum Gasteiger partial charge on any atom is -0.344 e. The molecule has 0 radical (unpaired) electrons. The molecule has 102 valence electrons. The Hall–Kier alpha value is -2.55. The molecule has 0 aliphatic rings. The largest absolute Gasteiger partial charge is 0.344 e. The van der Waals surface area contributed by atoms with Crippen molar-refractivity contribution in [1.82, 2.24) is 39.9 Å². The number of H-pyrrole nitrogens is 1. The van der Waals surface area contributed by atoms with Crippen LogP contribution in [0.2, 0.25) is 5.28 Å². The van der Waals surface area contributed by atoms with Crippen molar-refractivity contribution in [2.24, 2.45) is 0 Å². The number of halogens is 1. The Morgan fingerprint density at radius 2 is 2.25 bits per heavy atom. The van der Waals surface area contributed by atoms with E-state index in [2.05, 4.69) is 40.5 Å². The van der Waals surface area contributed by atoms with Gasteiger partial charge in [-0.15, -0.1) is 0 Å². The zero-order chi connectivity index (χ0) is 13.9. The Labute approximate surface area is 118 Å². The number of aromatic amines is 1. The summed E-state index contributed by atoms with van der Waals surface area (Å²) in [6, 6.07) is 1.61. The molecule has 3 aromatic heterocycles. The molecule has 3 rings (SSSR count). The molecule has 10 heteroatoms. The maximum Gasteiger partial charge on any atom is 0.256 e. The number of hydrogen-bond acceptors (Lipinski definition) is 7. The summed E-state index contributed by atoms with van der Waals surface area (Å²) >= 11 is 5.90. The molecule has 0 saturated carbocycles. The Balaban J connectivity index is 1.87. The average molecular weight is 292 g/mol. The van der Waals surface area contributed by atoms with Crippen molar-refractivity contribution in [3.8, 4) is 5.95 Å². The van der Waals surface area contributed by atoms with Crippen LogP contribution in [-0.4, -0.2) is 39.9 Å². The van der Waals surface area contributed by atoms with Crippen LogP contribution in [0.15, 0.2) is 24.8 Å². The summed E-state index contributed by atoms with van der Waals surface area (Å²) in [5, 5.41) is 13.8. The van der Waals surface area contributed by atoms with Crippen molar-refractivity contribution in [2.75, 3.05) is 5.32 Å². The lowest BCUT2D eigenvalue weighted by molar-refractivity contribution is 0.760. The van der Waals surface area contributed by atoms with Crippen molar-refractivity contribution in [3.63, 3.8) is 0 Å². The highest BCUT2D eigenvalue weighted by Crippen LogP contribution is 2.14. The van der Waals surface area contributed by atoms with Gasteiger partial charge in [0.05, 0.1) is 6.04 Å². The third-order valence-corrected chi connectivity index (χ3v) is 2.66. The fourth-order valence-corrected chi connectivity index (χ4v) is 1.73. The van der Waals surface area contributed by atoms with E-state index in [1.54, 1.807) is 18.5 Å². The quantitative estimate of drug-likeness (QED) is 0.738. The second-order valence-corrected chi connectivity index (χ2v) is 4.25. The van der Waals surface area contributed by atoms with Crippen LogP contribution < -0.4 is 5.32 Å². The monoisotopic (exact) mass is 291 g/mol. The molecule has 0 amide bonds. The molecule has 0 fully saturated rings. The minimum absolute atomic E-state index is 0.0813. The number of nitrogens with one attached hydrogen (secondary N) is 2. The van der Waals surface area contributed by atoms with E-state index in [1.807, 2.05) is 6.92 Å². The van der Waals surface area contributed by atoms with E-state index in [4.69, 9.17) is 11.6 Å². The van der Waals surface area contributed by atoms with Crippen molar-refractivity contribution in [1.29, 1.82) is 0 Å². The second kappa shape index (κ2) is 5.21. The molecule has 0 saturated heterocycles. The SMILES string of the molecule is CC(Nc1nc(Cl)nc(-n2cccn2)n1)c1ncn[nH]1. The lowest BCUT2D eigenvalue weighted by Gasteiger charge is -2.11. The molecule has 1 unspecified atom stereocenters. The number of rotatable bonds is 4. The third kappa shape index (κ3) is 2.57. The van der Waals surface area contributed by atoms with Gasteiger partial charge in [-0.05, 0) is 24.6 Å². The van der Waals surface area contributed by atoms with Crippen LogP contribution in [0.5, 0.6) is 0 Å². The molecule has 0 bridgehead atoms. The van der Waals surface area contributed by atoms with E-state index in [0.717, 1.165) is 0 Å². The highest BCUT2D eigenvalue weighted by atomic mass is 35.5. The van der Waals surface area contributed by atoms with Crippen LogP contribution in [0.25, 0.3) is 5.95 Å². The van der Waals surface area contributed by atoms with Crippen molar-refractivity contribution >= 4 is 17.5 Å². The molecule has 0 aliphatic carbocycles. The highest BCUT2D eigenvalue weighted by Gasteiger charge is 2.12. The second-order valence-electron chi connectivity index (χ2n) is 3.92. The van der Waals surface area contributed by atoms with Gasteiger partial charge in [0, 0.05) is 12.4 Å². The number of anilines is 1. The van der Waals surface area contributed by atoms with E-state index in [1.165, 1.54) is 11.0 Å². The van der Waals surface area contributed by atoms with Gasteiger partial charge in [0.2, 0.25) is 11.2 Å². The van der Waals surface area contributed by atoms with Gasteiger partial charge in [0.1, 0.15) is 12.2 Å². The first-order chi connectivity index (χ1) is 9.72. The predicted octanol–water partition coefficient (Wildman–Crippen LogP) is 1.00. The molecule has 2 N–H and O–H groups in total. The van der Waals surface area contributed by atoms with Gasteiger partial charge in [0.15, 0.2) is 0 Å². The molecular weight excluding hydrogens is 282 g/mol. The smallest absolute Gasteiger partial charge is 0.256 e. The zero-order valence-electron chi connectivity index (χ0n) is 10.4. The zero-order valence-corrected chi connectivity index (χ0v) is 11.2. The minimum atomic E-state index is -0.151. The molecule has 0 aliphatic heterocycles. The van der Waals surface area contributed by atoms with Crippen molar-refractivity contribution < 1.29 is 0 Å². The summed E-state index contributed by atoms with van der Waals surface area (Å²) in [6.07, 6.45) is 4.78. The van der Waals surface area contributed by atoms with Crippen molar-refractivity contribution in [3.05, 3.63) is 35.9 Å². The summed E-state index contributed by atoms with van der Waals surface area (Å²) < 4.78 is 1.50. The van der Waals surface area contributed by atoms with Gasteiger partial charge in [-0.3, -0.25) is 5.10 Å². The van der Waals surface area contributed by atoms with Gasteiger partial charge in [-0.2, -0.15) is 25.1 Å². The molecule has 3 aromatic rings. The Kier molecular flexibility index (Phi) is 3.25. The van der Waals surface area contributed by atoms with Crippen molar-refractivity contribution in [2.45, 2.75) is 13.0 Å². The van der Waals surface area contributed by atoms with Crippen LogP contribution in [0.3, 0.4) is 0 Å². The topological polar surface area (TPSA) is 110 Å². The predicted molar refractivity (Wildman–Crippen MR) is 70.4 cm³/mol. The summed E-state index contributed by atoms with van der Waals surface area (Å²) in [7, 11) is 0. The molecular formula is C10H10ClN9. The van der Waals surface area contributed by atoms with E-state index < -0.39 is 0 Å². The Morgan fingerprint density at radius 3 is 2.95 bits per heavy atom. The maximum absolute atomic E-state index is 5.90.